The highest BCUT2D eigenvalue weighted by atomic mass is 32.2. The van der Waals surface area contributed by atoms with E-state index in [9.17, 15) is 0 Å². The van der Waals surface area contributed by atoms with Gasteiger partial charge in [-0.05, 0) is 39.1 Å². The molecule has 1 aromatic carbocycles. The molecule has 0 unspecified atom stereocenters. The average Bonchev–Trinajstić information content (AvgIpc) is 3.04. The lowest BCUT2D eigenvalue weighted by molar-refractivity contribution is 0.436. The fourth-order valence-electron chi connectivity index (χ4n) is 2.96. The summed E-state index contributed by atoms with van der Waals surface area (Å²) in [6.07, 6.45) is 5.33. The number of benzene rings is 1. The normalized spacial score (nSPS) is 16.6. The monoisotopic (exact) mass is 289 g/mol. The van der Waals surface area contributed by atoms with Crippen LogP contribution in [0, 0.1) is 0 Å². The van der Waals surface area contributed by atoms with Gasteiger partial charge in [0.05, 0.1) is 11.0 Å². The predicted molar refractivity (Wildman–Crippen MR) is 86.5 cm³/mol. The maximum Gasteiger partial charge on any atom is 0.169 e. The molecule has 1 saturated carbocycles. The number of thioether (sulfide) groups is 1. The molecule has 3 nitrogen and oxygen atoms in total. The van der Waals surface area contributed by atoms with Crippen molar-refractivity contribution in [3.05, 3.63) is 24.3 Å². The molecule has 3 rings (SSSR count). The molecule has 1 aliphatic carbocycles. The molecule has 0 aliphatic heterocycles. The van der Waals surface area contributed by atoms with Crippen LogP contribution < -0.4 is 0 Å². The van der Waals surface area contributed by atoms with Gasteiger partial charge in [0.25, 0.3) is 0 Å². The molecule has 1 aliphatic rings. The number of aromatic nitrogens is 2. The molecule has 2 aromatic rings. The molecule has 108 valence electrons. The van der Waals surface area contributed by atoms with Gasteiger partial charge in [0, 0.05) is 18.3 Å². The second kappa shape index (κ2) is 6.19. The highest BCUT2D eigenvalue weighted by Gasteiger charge is 2.22. The maximum atomic E-state index is 4.86. The molecule has 0 atom stereocenters. The molecule has 1 heterocycles. The Morgan fingerprint density at radius 1 is 1.25 bits per heavy atom. The van der Waals surface area contributed by atoms with Crippen LogP contribution in [0.25, 0.3) is 11.0 Å². The third-order valence-corrected chi connectivity index (χ3v) is 4.96. The van der Waals surface area contributed by atoms with E-state index in [0.717, 1.165) is 17.8 Å². The largest absolute Gasteiger partial charge is 0.316 e. The lowest BCUT2D eigenvalue weighted by Gasteiger charge is -2.16. The first-order chi connectivity index (χ1) is 9.75. The Kier molecular flexibility index (Phi) is 4.32. The minimum absolute atomic E-state index is 0.657. The molecule has 0 saturated heterocycles. The summed E-state index contributed by atoms with van der Waals surface area (Å²) >= 11 is 1.90. The molecular weight excluding hydrogens is 266 g/mol. The SMILES string of the molecule is CN(C)CCSc1nc2ccccc2n1C1CCCC1. The summed E-state index contributed by atoms with van der Waals surface area (Å²) in [7, 11) is 4.25. The molecule has 0 amide bonds. The minimum Gasteiger partial charge on any atom is -0.316 e. The van der Waals surface area contributed by atoms with Crippen molar-refractivity contribution >= 4 is 22.8 Å². The smallest absolute Gasteiger partial charge is 0.169 e. The number of para-hydroxylation sites is 2. The Bertz CT molecular complexity index is 570. The van der Waals surface area contributed by atoms with Gasteiger partial charge in [0.1, 0.15) is 0 Å². The van der Waals surface area contributed by atoms with Crippen LogP contribution in [0.1, 0.15) is 31.7 Å². The Hall–Kier alpha value is -1.00. The van der Waals surface area contributed by atoms with Crippen molar-refractivity contribution in [1.29, 1.82) is 0 Å². The number of hydrogen-bond acceptors (Lipinski definition) is 3. The van der Waals surface area contributed by atoms with Gasteiger partial charge >= 0.3 is 0 Å². The van der Waals surface area contributed by atoms with Crippen LogP contribution >= 0.6 is 11.8 Å². The minimum atomic E-state index is 0.657. The van der Waals surface area contributed by atoms with Crippen LogP contribution in [0.2, 0.25) is 0 Å². The van der Waals surface area contributed by atoms with E-state index in [2.05, 4.69) is 47.8 Å². The maximum absolute atomic E-state index is 4.86. The second-order valence-corrected chi connectivity index (χ2v) is 6.91. The van der Waals surface area contributed by atoms with Gasteiger partial charge in [-0.15, -0.1) is 0 Å². The molecule has 0 radical (unpaired) electrons. The summed E-state index contributed by atoms with van der Waals surface area (Å²) in [6, 6.07) is 9.23. The van der Waals surface area contributed by atoms with Crippen molar-refractivity contribution < 1.29 is 0 Å². The predicted octanol–water partition coefficient (Wildman–Crippen LogP) is 3.81. The van der Waals surface area contributed by atoms with Gasteiger partial charge in [-0.3, -0.25) is 0 Å². The first-order valence-electron chi connectivity index (χ1n) is 7.50. The van der Waals surface area contributed by atoms with Crippen LogP contribution in [-0.2, 0) is 0 Å². The van der Waals surface area contributed by atoms with Crippen LogP contribution in [0.5, 0.6) is 0 Å². The van der Waals surface area contributed by atoms with Gasteiger partial charge in [-0.2, -0.15) is 0 Å². The van der Waals surface area contributed by atoms with Crippen LogP contribution in [0.3, 0.4) is 0 Å². The number of imidazole rings is 1. The second-order valence-electron chi connectivity index (χ2n) is 5.84. The van der Waals surface area contributed by atoms with Gasteiger partial charge in [-0.25, -0.2) is 4.98 Å². The zero-order valence-corrected chi connectivity index (χ0v) is 13.2. The summed E-state index contributed by atoms with van der Waals surface area (Å²) in [6.45, 7) is 1.10. The molecule has 0 spiro atoms. The Balaban J connectivity index is 1.90. The molecule has 20 heavy (non-hydrogen) atoms. The third-order valence-electron chi connectivity index (χ3n) is 4.02. The van der Waals surface area contributed by atoms with Gasteiger partial charge in [0.2, 0.25) is 0 Å². The summed E-state index contributed by atoms with van der Waals surface area (Å²) in [4.78, 5) is 7.09. The topological polar surface area (TPSA) is 21.1 Å². The van der Waals surface area contributed by atoms with E-state index in [1.54, 1.807) is 0 Å². The quantitative estimate of drug-likeness (QED) is 0.781. The van der Waals surface area contributed by atoms with Crippen LogP contribution in [0.15, 0.2) is 29.4 Å². The molecule has 0 N–H and O–H groups in total. The molecule has 4 heteroatoms. The van der Waals surface area contributed by atoms with Crippen LogP contribution in [-0.4, -0.2) is 40.8 Å². The fourth-order valence-corrected chi connectivity index (χ4v) is 4.15. The standard InChI is InChI=1S/C16H23N3S/c1-18(2)11-12-20-16-17-14-9-5-6-10-15(14)19(16)13-7-3-4-8-13/h5-6,9-10,13H,3-4,7-8,11-12H2,1-2H3. The van der Waals surface area contributed by atoms with Crippen molar-refractivity contribution in [2.24, 2.45) is 0 Å². The van der Waals surface area contributed by atoms with Crippen molar-refractivity contribution in [2.75, 3.05) is 26.4 Å². The van der Waals surface area contributed by atoms with E-state index >= 15 is 0 Å². The van der Waals surface area contributed by atoms with E-state index in [1.165, 1.54) is 36.4 Å². The molecule has 0 bridgehead atoms. The lowest BCUT2D eigenvalue weighted by atomic mass is 10.2. The van der Waals surface area contributed by atoms with E-state index in [4.69, 9.17) is 4.98 Å². The zero-order valence-electron chi connectivity index (χ0n) is 12.4. The Morgan fingerprint density at radius 3 is 2.75 bits per heavy atom. The van der Waals surface area contributed by atoms with E-state index in [-0.39, 0.29) is 0 Å². The highest BCUT2D eigenvalue weighted by molar-refractivity contribution is 7.99. The summed E-state index contributed by atoms with van der Waals surface area (Å²) < 4.78 is 2.50. The summed E-state index contributed by atoms with van der Waals surface area (Å²) in [5.74, 6) is 1.10. The lowest BCUT2D eigenvalue weighted by Crippen LogP contribution is -2.15. The first-order valence-corrected chi connectivity index (χ1v) is 8.49. The van der Waals surface area contributed by atoms with Crippen molar-refractivity contribution in [2.45, 2.75) is 36.9 Å². The number of nitrogens with zero attached hydrogens (tertiary/aromatic N) is 3. The number of rotatable bonds is 5. The Morgan fingerprint density at radius 2 is 2.00 bits per heavy atom. The Labute approximate surface area is 125 Å². The van der Waals surface area contributed by atoms with Gasteiger partial charge < -0.3 is 9.47 Å². The third kappa shape index (κ3) is 2.86. The molecule has 1 fully saturated rings. The van der Waals surface area contributed by atoms with Gasteiger partial charge in [-0.1, -0.05) is 36.7 Å². The number of fused-ring (bicyclic) bond motifs is 1. The first kappa shape index (κ1) is 14.0. The summed E-state index contributed by atoms with van der Waals surface area (Å²) in [5.41, 5.74) is 2.46. The van der Waals surface area contributed by atoms with Crippen molar-refractivity contribution in [3.8, 4) is 0 Å². The van der Waals surface area contributed by atoms with Crippen LogP contribution in [0.4, 0.5) is 0 Å². The van der Waals surface area contributed by atoms with Crippen molar-refractivity contribution in [3.63, 3.8) is 0 Å². The van der Waals surface area contributed by atoms with E-state index in [1.807, 2.05) is 11.8 Å². The number of hydrogen-bond donors (Lipinski definition) is 0. The zero-order chi connectivity index (χ0) is 13.9. The van der Waals surface area contributed by atoms with E-state index < -0.39 is 0 Å². The average molecular weight is 289 g/mol. The van der Waals surface area contributed by atoms with Crippen molar-refractivity contribution in [1.82, 2.24) is 14.5 Å². The molecule has 1 aromatic heterocycles. The van der Waals surface area contributed by atoms with Gasteiger partial charge in [0.15, 0.2) is 5.16 Å². The van der Waals surface area contributed by atoms with E-state index in [0.29, 0.717) is 6.04 Å². The summed E-state index contributed by atoms with van der Waals surface area (Å²) in [5, 5.41) is 1.21. The highest BCUT2D eigenvalue weighted by Crippen LogP contribution is 2.36. The molecular formula is C16H23N3S. The fraction of sp³-hybridized carbons (Fsp3) is 0.562.